The van der Waals surface area contributed by atoms with Crippen LogP contribution in [0.5, 0.6) is 0 Å². The van der Waals surface area contributed by atoms with Crippen molar-refractivity contribution < 1.29 is 0 Å². The van der Waals surface area contributed by atoms with E-state index in [-0.39, 0.29) is 0 Å². The number of rotatable bonds is 6. The maximum absolute atomic E-state index is 4.28. The first kappa shape index (κ1) is 11.9. The molecule has 0 amide bonds. The average Bonchev–Trinajstić information content (AvgIpc) is 2.90. The second kappa shape index (κ2) is 5.68. The summed E-state index contributed by atoms with van der Waals surface area (Å²) in [5, 5.41) is 3.40. The molecule has 0 atom stereocenters. The second-order valence-electron chi connectivity index (χ2n) is 4.32. The van der Waals surface area contributed by atoms with Gasteiger partial charge in [-0.3, -0.25) is 0 Å². The zero-order valence-electron chi connectivity index (χ0n) is 10.6. The summed E-state index contributed by atoms with van der Waals surface area (Å²) in [5.74, 6) is 1.07. The van der Waals surface area contributed by atoms with Gasteiger partial charge < -0.3 is 14.5 Å². The van der Waals surface area contributed by atoms with E-state index in [4.69, 9.17) is 0 Å². The first-order valence-corrected chi connectivity index (χ1v) is 6.11. The molecule has 4 nitrogen and oxygen atoms in total. The van der Waals surface area contributed by atoms with Crippen LogP contribution in [0.25, 0.3) is 0 Å². The number of aryl methyl sites for hydroxylation is 2. The molecule has 17 heavy (non-hydrogen) atoms. The molecule has 2 heterocycles. The third kappa shape index (κ3) is 3.20. The smallest absolute Gasteiger partial charge is 0.122 e. The van der Waals surface area contributed by atoms with Crippen LogP contribution in [0.4, 0.5) is 0 Å². The van der Waals surface area contributed by atoms with E-state index in [1.54, 1.807) is 0 Å². The third-order valence-electron chi connectivity index (χ3n) is 2.83. The second-order valence-corrected chi connectivity index (χ2v) is 4.32. The lowest BCUT2D eigenvalue weighted by Gasteiger charge is -2.03. The van der Waals surface area contributed by atoms with Gasteiger partial charge in [-0.2, -0.15) is 0 Å². The summed E-state index contributed by atoms with van der Waals surface area (Å²) >= 11 is 0. The van der Waals surface area contributed by atoms with E-state index >= 15 is 0 Å². The molecule has 0 bridgehead atoms. The molecular weight excluding hydrogens is 212 g/mol. The normalized spacial score (nSPS) is 10.9. The molecule has 0 unspecified atom stereocenters. The Kier molecular flexibility index (Phi) is 3.98. The highest BCUT2D eigenvalue weighted by molar-refractivity contribution is 5.10. The van der Waals surface area contributed by atoms with Gasteiger partial charge in [0.05, 0.1) is 6.54 Å². The molecule has 0 spiro atoms. The van der Waals surface area contributed by atoms with Crippen molar-refractivity contribution in [2.24, 2.45) is 7.05 Å². The molecule has 4 heteroatoms. The van der Waals surface area contributed by atoms with Crippen molar-refractivity contribution in [2.45, 2.75) is 33.0 Å². The van der Waals surface area contributed by atoms with E-state index in [0.717, 1.165) is 25.5 Å². The highest BCUT2D eigenvalue weighted by Crippen LogP contribution is 2.02. The van der Waals surface area contributed by atoms with E-state index in [2.05, 4.69) is 40.3 Å². The number of nitrogens with one attached hydrogen (secondary N) is 1. The predicted octanol–water partition coefficient (Wildman–Crippen LogP) is 1.92. The Balaban J connectivity index is 1.80. The summed E-state index contributed by atoms with van der Waals surface area (Å²) < 4.78 is 4.27. The first-order valence-electron chi connectivity index (χ1n) is 6.11. The molecule has 2 rings (SSSR count). The minimum Gasteiger partial charge on any atom is -0.354 e. The lowest BCUT2D eigenvalue weighted by atomic mass is 10.3. The Hall–Kier alpha value is -1.55. The molecule has 2 aromatic heterocycles. The largest absolute Gasteiger partial charge is 0.354 e. The lowest BCUT2D eigenvalue weighted by molar-refractivity contribution is 0.634. The van der Waals surface area contributed by atoms with Crippen LogP contribution >= 0.6 is 0 Å². The van der Waals surface area contributed by atoms with Gasteiger partial charge in [0.15, 0.2) is 0 Å². The Morgan fingerprint density at radius 2 is 2.18 bits per heavy atom. The first-order chi connectivity index (χ1) is 8.29. The quantitative estimate of drug-likeness (QED) is 0.825. The molecule has 0 aromatic carbocycles. The molecule has 0 aliphatic heterocycles. The highest BCUT2D eigenvalue weighted by atomic mass is 15.1. The molecule has 0 aliphatic rings. The SMILES string of the molecule is CCCn1ccc(CNCc2nccn2C)c1. The maximum Gasteiger partial charge on any atom is 0.122 e. The number of nitrogens with zero attached hydrogens (tertiary/aromatic N) is 3. The van der Waals surface area contributed by atoms with Gasteiger partial charge in [0, 0.05) is 44.9 Å². The van der Waals surface area contributed by atoms with E-state index < -0.39 is 0 Å². The number of hydrogen-bond donors (Lipinski definition) is 1. The van der Waals surface area contributed by atoms with Crippen molar-refractivity contribution in [2.75, 3.05) is 0 Å². The van der Waals surface area contributed by atoms with Gasteiger partial charge in [0.1, 0.15) is 5.82 Å². The van der Waals surface area contributed by atoms with Crippen molar-refractivity contribution in [3.05, 3.63) is 42.2 Å². The van der Waals surface area contributed by atoms with Gasteiger partial charge in [0.2, 0.25) is 0 Å². The van der Waals surface area contributed by atoms with Gasteiger partial charge in [-0.15, -0.1) is 0 Å². The molecule has 2 aromatic rings. The fourth-order valence-electron chi connectivity index (χ4n) is 1.88. The minimum atomic E-state index is 0.808. The fraction of sp³-hybridized carbons (Fsp3) is 0.462. The van der Waals surface area contributed by atoms with Crippen LogP contribution in [0, 0.1) is 0 Å². The van der Waals surface area contributed by atoms with Crippen LogP contribution in [0.1, 0.15) is 24.7 Å². The predicted molar refractivity (Wildman–Crippen MR) is 68.5 cm³/mol. The molecule has 0 radical (unpaired) electrons. The van der Waals surface area contributed by atoms with Crippen LogP contribution < -0.4 is 5.32 Å². The zero-order chi connectivity index (χ0) is 12.1. The molecule has 1 N–H and O–H groups in total. The summed E-state index contributed by atoms with van der Waals surface area (Å²) in [4.78, 5) is 4.28. The van der Waals surface area contributed by atoms with Crippen LogP contribution in [0.2, 0.25) is 0 Å². The molecule has 0 fully saturated rings. The van der Waals surface area contributed by atoms with Crippen LogP contribution in [-0.4, -0.2) is 14.1 Å². The zero-order valence-corrected chi connectivity index (χ0v) is 10.6. The Labute approximate surface area is 102 Å². The number of imidazole rings is 1. The van der Waals surface area contributed by atoms with Crippen molar-refractivity contribution in [3.8, 4) is 0 Å². The number of hydrogen-bond acceptors (Lipinski definition) is 2. The molecular formula is C13H20N4. The van der Waals surface area contributed by atoms with E-state index in [1.165, 1.54) is 12.0 Å². The monoisotopic (exact) mass is 232 g/mol. The van der Waals surface area contributed by atoms with Gasteiger partial charge in [0.25, 0.3) is 0 Å². The van der Waals surface area contributed by atoms with Gasteiger partial charge >= 0.3 is 0 Å². The third-order valence-corrected chi connectivity index (χ3v) is 2.83. The summed E-state index contributed by atoms with van der Waals surface area (Å²) in [5.41, 5.74) is 1.33. The molecule has 0 saturated heterocycles. The summed E-state index contributed by atoms with van der Waals surface area (Å²) in [7, 11) is 2.02. The molecule has 0 aliphatic carbocycles. The van der Waals surface area contributed by atoms with Gasteiger partial charge in [-0.05, 0) is 18.1 Å². The Bertz CT molecular complexity index is 455. The van der Waals surface area contributed by atoms with Crippen LogP contribution in [0.3, 0.4) is 0 Å². The Morgan fingerprint density at radius 1 is 1.29 bits per heavy atom. The van der Waals surface area contributed by atoms with Crippen molar-refractivity contribution in [1.82, 2.24) is 19.4 Å². The van der Waals surface area contributed by atoms with Crippen LogP contribution in [-0.2, 0) is 26.7 Å². The minimum absolute atomic E-state index is 0.808. The van der Waals surface area contributed by atoms with Crippen LogP contribution in [0.15, 0.2) is 30.9 Å². The highest BCUT2D eigenvalue weighted by Gasteiger charge is 1.99. The fourth-order valence-corrected chi connectivity index (χ4v) is 1.88. The Morgan fingerprint density at radius 3 is 2.88 bits per heavy atom. The van der Waals surface area contributed by atoms with Crippen molar-refractivity contribution >= 4 is 0 Å². The maximum atomic E-state index is 4.28. The topological polar surface area (TPSA) is 34.8 Å². The van der Waals surface area contributed by atoms with Crippen molar-refractivity contribution in [3.63, 3.8) is 0 Å². The standard InChI is InChI=1S/C13H20N4/c1-3-6-17-7-4-12(11-17)9-14-10-13-15-5-8-16(13)2/h4-5,7-8,11,14H,3,6,9-10H2,1-2H3. The lowest BCUT2D eigenvalue weighted by Crippen LogP contribution is -2.15. The van der Waals surface area contributed by atoms with E-state index in [0.29, 0.717) is 0 Å². The summed E-state index contributed by atoms with van der Waals surface area (Å²) in [6.45, 7) is 4.99. The molecule has 0 saturated carbocycles. The number of aromatic nitrogens is 3. The van der Waals surface area contributed by atoms with Gasteiger partial charge in [-0.1, -0.05) is 6.92 Å². The summed E-state index contributed by atoms with van der Waals surface area (Å²) in [6, 6.07) is 2.17. The van der Waals surface area contributed by atoms with Crippen molar-refractivity contribution in [1.29, 1.82) is 0 Å². The average molecular weight is 232 g/mol. The van der Waals surface area contributed by atoms with E-state index in [9.17, 15) is 0 Å². The molecule has 92 valence electrons. The van der Waals surface area contributed by atoms with Gasteiger partial charge in [-0.25, -0.2) is 4.98 Å². The summed E-state index contributed by atoms with van der Waals surface area (Å²) in [6.07, 6.45) is 9.31. The van der Waals surface area contributed by atoms with E-state index in [1.807, 2.05) is 24.0 Å².